The zero-order valence-corrected chi connectivity index (χ0v) is 27.2. The first kappa shape index (κ1) is 31.6. The molecule has 5 aromatic rings. The first-order chi connectivity index (χ1) is 23.0. The Labute approximate surface area is 276 Å². The second-order valence-electron chi connectivity index (χ2n) is 10.6. The zero-order chi connectivity index (χ0) is 32.8. The van der Waals surface area contributed by atoms with Crippen molar-refractivity contribution in [2.75, 3.05) is 20.3 Å². The number of hydrogen-bond acceptors (Lipinski definition) is 8. The summed E-state index contributed by atoms with van der Waals surface area (Å²) < 4.78 is 25.0. The van der Waals surface area contributed by atoms with Crippen LogP contribution in [0.2, 0.25) is 0 Å². The molecule has 0 unspecified atom stereocenters. The Balaban J connectivity index is 1.49. The molecule has 8 nitrogen and oxygen atoms in total. The Kier molecular flexibility index (Phi) is 9.64. The molecule has 47 heavy (non-hydrogen) atoms. The van der Waals surface area contributed by atoms with Gasteiger partial charge in [-0.1, -0.05) is 90.2 Å². The largest absolute Gasteiger partial charge is 0.497 e. The second kappa shape index (κ2) is 14.3. The average molecular weight is 647 g/mol. The van der Waals surface area contributed by atoms with E-state index in [-0.39, 0.29) is 12.2 Å². The number of rotatable bonds is 11. The Morgan fingerprint density at radius 3 is 2.28 bits per heavy atom. The van der Waals surface area contributed by atoms with Crippen LogP contribution in [0.5, 0.6) is 17.2 Å². The molecule has 2 heterocycles. The van der Waals surface area contributed by atoms with Crippen molar-refractivity contribution in [3.63, 3.8) is 0 Å². The average Bonchev–Trinajstić information content (AvgIpc) is 3.42. The van der Waals surface area contributed by atoms with Gasteiger partial charge in [0.05, 0.1) is 42.2 Å². The summed E-state index contributed by atoms with van der Waals surface area (Å²) in [5, 5.41) is 0. The lowest BCUT2D eigenvalue weighted by Gasteiger charge is -2.26. The molecule has 1 aliphatic rings. The van der Waals surface area contributed by atoms with Crippen molar-refractivity contribution >= 4 is 29.1 Å². The van der Waals surface area contributed by atoms with E-state index >= 15 is 0 Å². The van der Waals surface area contributed by atoms with Crippen molar-refractivity contribution in [1.82, 2.24) is 4.57 Å². The highest BCUT2D eigenvalue weighted by Gasteiger charge is 2.35. The monoisotopic (exact) mass is 646 g/mol. The Hall–Kier alpha value is -5.41. The number of carbonyl (C=O) groups excluding carboxylic acids is 1. The van der Waals surface area contributed by atoms with Gasteiger partial charge in [-0.05, 0) is 60.9 Å². The molecular weight excluding hydrogens is 612 g/mol. The van der Waals surface area contributed by atoms with E-state index in [1.54, 1.807) is 18.6 Å². The summed E-state index contributed by atoms with van der Waals surface area (Å²) in [5.74, 6) is 1.32. The second-order valence-corrected chi connectivity index (χ2v) is 11.6. The van der Waals surface area contributed by atoms with E-state index in [0.29, 0.717) is 51.1 Å². The standard InChI is InChI=1S/C38H34N2O6S/c1-4-44-31-22-26(16-21-30(31)46-24-25-12-8-6-9-13-25)23-32-36(41)40-35(28-17-19-29(43-3)20-18-28)33(37(42)45-5-2)34(39-38(40)47-32)27-14-10-7-11-15-27/h6-23,35H,4-5,24H2,1-3H3/b32-23-/t35-/m1/s1. The van der Waals surface area contributed by atoms with E-state index in [1.165, 1.54) is 11.3 Å². The highest BCUT2D eigenvalue weighted by atomic mass is 32.1. The molecule has 6 rings (SSSR count). The maximum absolute atomic E-state index is 14.3. The summed E-state index contributed by atoms with van der Waals surface area (Å²) in [6.07, 6.45) is 1.81. The number of carbonyl (C=O) groups is 1. The Morgan fingerprint density at radius 2 is 1.60 bits per heavy atom. The molecule has 1 atom stereocenters. The quantitative estimate of drug-likeness (QED) is 0.166. The van der Waals surface area contributed by atoms with Crippen LogP contribution in [-0.2, 0) is 16.1 Å². The summed E-state index contributed by atoms with van der Waals surface area (Å²) in [6, 6.07) is 31.6. The van der Waals surface area contributed by atoms with Gasteiger partial charge in [-0.3, -0.25) is 9.36 Å². The summed E-state index contributed by atoms with van der Waals surface area (Å²) in [6.45, 7) is 4.70. The molecule has 9 heteroatoms. The van der Waals surface area contributed by atoms with Crippen molar-refractivity contribution < 1.29 is 23.7 Å². The zero-order valence-electron chi connectivity index (χ0n) is 26.3. The maximum Gasteiger partial charge on any atom is 0.338 e. The van der Waals surface area contributed by atoms with Gasteiger partial charge in [-0.25, -0.2) is 9.79 Å². The van der Waals surface area contributed by atoms with Gasteiger partial charge < -0.3 is 18.9 Å². The molecule has 0 spiro atoms. The van der Waals surface area contributed by atoms with E-state index in [2.05, 4.69) is 0 Å². The van der Waals surface area contributed by atoms with Gasteiger partial charge in [0, 0.05) is 5.56 Å². The summed E-state index contributed by atoms with van der Waals surface area (Å²) >= 11 is 1.26. The third-order valence-electron chi connectivity index (χ3n) is 7.61. The number of ether oxygens (including phenoxy) is 4. The number of hydrogen-bond donors (Lipinski definition) is 0. The number of nitrogens with zero attached hydrogens (tertiary/aromatic N) is 2. The van der Waals surface area contributed by atoms with Gasteiger partial charge in [0.25, 0.3) is 5.56 Å². The van der Waals surface area contributed by atoms with Gasteiger partial charge >= 0.3 is 5.97 Å². The molecule has 0 fully saturated rings. The van der Waals surface area contributed by atoms with E-state index in [0.717, 1.165) is 22.3 Å². The summed E-state index contributed by atoms with van der Waals surface area (Å²) in [5.41, 5.74) is 3.77. The van der Waals surface area contributed by atoms with E-state index in [1.807, 2.05) is 116 Å². The Morgan fingerprint density at radius 1 is 0.872 bits per heavy atom. The fourth-order valence-electron chi connectivity index (χ4n) is 5.43. The molecule has 1 aromatic heterocycles. The van der Waals surface area contributed by atoms with Crippen LogP contribution in [0.25, 0.3) is 11.8 Å². The van der Waals surface area contributed by atoms with E-state index in [4.69, 9.17) is 23.9 Å². The van der Waals surface area contributed by atoms with Crippen LogP contribution in [-0.4, -0.2) is 30.9 Å². The minimum Gasteiger partial charge on any atom is -0.497 e. The first-order valence-electron chi connectivity index (χ1n) is 15.4. The van der Waals surface area contributed by atoms with Crippen LogP contribution in [0.4, 0.5) is 0 Å². The van der Waals surface area contributed by atoms with Crippen LogP contribution in [0.15, 0.2) is 118 Å². The molecule has 1 aliphatic heterocycles. The van der Waals surface area contributed by atoms with Gasteiger partial charge in [0.2, 0.25) is 0 Å². The smallest absolute Gasteiger partial charge is 0.338 e. The number of fused-ring (bicyclic) bond motifs is 1. The SMILES string of the molecule is CCOC(=O)C1=C(c2ccccc2)N=c2s/c(=C\c3ccc(OCc4ccccc4)c(OCC)c3)c(=O)n2[C@@H]1c1ccc(OC)cc1. The fraction of sp³-hybridized carbons (Fsp3) is 0.184. The van der Waals surface area contributed by atoms with Crippen LogP contribution in [0.1, 0.15) is 42.1 Å². The first-order valence-corrected chi connectivity index (χ1v) is 16.2. The van der Waals surface area contributed by atoms with E-state index in [9.17, 15) is 9.59 Å². The molecule has 0 N–H and O–H groups in total. The van der Waals surface area contributed by atoms with Gasteiger partial charge in [0.1, 0.15) is 12.4 Å². The minimum atomic E-state index is -0.777. The van der Waals surface area contributed by atoms with Crippen LogP contribution >= 0.6 is 11.3 Å². The number of thiazole rings is 1. The number of esters is 1. The van der Waals surface area contributed by atoms with Crippen molar-refractivity contribution in [3.8, 4) is 17.2 Å². The van der Waals surface area contributed by atoms with Crippen molar-refractivity contribution in [2.45, 2.75) is 26.5 Å². The third kappa shape index (κ3) is 6.76. The van der Waals surface area contributed by atoms with Crippen molar-refractivity contribution in [3.05, 3.63) is 151 Å². The normalized spacial score (nSPS) is 14.3. The predicted molar refractivity (Wildman–Crippen MR) is 182 cm³/mol. The molecule has 0 amide bonds. The number of methoxy groups -OCH3 is 1. The topological polar surface area (TPSA) is 88.4 Å². The summed E-state index contributed by atoms with van der Waals surface area (Å²) in [7, 11) is 1.59. The summed E-state index contributed by atoms with van der Waals surface area (Å²) in [4.78, 5) is 33.3. The highest BCUT2D eigenvalue weighted by Crippen LogP contribution is 2.36. The van der Waals surface area contributed by atoms with Crippen LogP contribution in [0.3, 0.4) is 0 Å². The number of aromatic nitrogens is 1. The molecule has 0 saturated heterocycles. The molecule has 0 bridgehead atoms. The Bertz CT molecular complexity index is 2080. The van der Waals surface area contributed by atoms with Gasteiger partial charge in [-0.2, -0.15) is 0 Å². The molecular formula is C38H34N2O6S. The maximum atomic E-state index is 14.3. The fourth-order valence-corrected chi connectivity index (χ4v) is 6.43. The molecule has 0 aliphatic carbocycles. The number of benzene rings is 4. The lowest BCUT2D eigenvalue weighted by atomic mass is 9.93. The molecule has 0 saturated carbocycles. The van der Waals surface area contributed by atoms with Gasteiger partial charge in [-0.15, -0.1) is 0 Å². The minimum absolute atomic E-state index is 0.178. The van der Waals surface area contributed by atoms with Gasteiger partial charge in [0.15, 0.2) is 16.3 Å². The van der Waals surface area contributed by atoms with Crippen molar-refractivity contribution in [2.24, 2.45) is 4.99 Å². The van der Waals surface area contributed by atoms with E-state index < -0.39 is 12.0 Å². The molecule has 4 aromatic carbocycles. The van der Waals surface area contributed by atoms with Crippen LogP contribution < -0.4 is 29.1 Å². The third-order valence-corrected chi connectivity index (χ3v) is 8.59. The molecule has 0 radical (unpaired) electrons. The molecule has 238 valence electrons. The predicted octanol–water partition coefficient (Wildman–Crippen LogP) is 5.92. The lowest BCUT2D eigenvalue weighted by molar-refractivity contribution is -0.138. The van der Waals surface area contributed by atoms with Crippen LogP contribution in [0, 0.1) is 0 Å². The lowest BCUT2D eigenvalue weighted by Crippen LogP contribution is -2.40. The van der Waals surface area contributed by atoms with Crippen molar-refractivity contribution in [1.29, 1.82) is 0 Å². The highest BCUT2D eigenvalue weighted by molar-refractivity contribution is 7.07.